The number of thioether (sulfide) groups is 1. The molecule has 0 aliphatic carbocycles. The molecular weight excluding hydrogens is 364 g/mol. The molecule has 3 rings (SSSR count). The Morgan fingerprint density at radius 3 is 2.59 bits per heavy atom. The molecule has 1 atom stereocenters. The van der Waals surface area contributed by atoms with Crippen molar-refractivity contribution in [2.75, 3.05) is 31.1 Å². The molecule has 0 saturated carbocycles. The highest BCUT2D eigenvalue weighted by Crippen LogP contribution is 2.28. The summed E-state index contributed by atoms with van der Waals surface area (Å²) in [6.45, 7) is 11.1. The van der Waals surface area contributed by atoms with Crippen molar-refractivity contribution in [3.8, 4) is 0 Å². The van der Waals surface area contributed by atoms with Gasteiger partial charge in [-0.1, -0.05) is 31.7 Å². The van der Waals surface area contributed by atoms with Gasteiger partial charge in [-0.2, -0.15) is 0 Å². The number of hydrogen-bond acceptors (Lipinski definition) is 8. The topological polar surface area (TPSA) is 92.9 Å². The van der Waals surface area contributed by atoms with Crippen molar-refractivity contribution < 1.29 is 4.79 Å². The van der Waals surface area contributed by atoms with E-state index < -0.39 is 0 Å². The molecule has 1 aliphatic rings. The van der Waals surface area contributed by atoms with E-state index in [0.29, 0.717) is 30.7 Å². The molecule has 0 N–H and O–H groups in total. The Balaban J connectivity index is 1.64. The van der Waals surface area contributed by atoms with E-state index in [-0.39, 0.29) is 17.1 Å². The summed E-state index contributed by atoms with van der Waals surface area (Å²) in [5.74, 6) is 0.992. The Morgan fingerprint density at radius 2 is 1.96 bits per heavy atom. The third-order valence-electron chi connectivity index (χ3n) is 4.31. The van der Waals surface area contributed by atoms with E-state index in [1.54, 1.807) is 29.2 Å². The molecule has 0 spiro atoms. The van der Waals surface area contributed by atoms with E-state index in [0.717, 1.165) is 13.1 Å². The highest BCUT2D eigenvalue weighted by molar-refractivity contribution is 8.00. The van der Waals surface area contributed by atoms with Crippen molar-refractivity contribution in [3.05, 3.63) is 31.1 Å². The quantitative estimate of drug-likeness (QED) is 0.514. The summed E-state index contributed by atoms with van der Waals surface area (Å²) in [5, 5.41) is 12.1. The standard InChI is InChI=1S/C17H24N8OS/c1-4-8-25-17(20-21-22-25)27-14(13(2)3)15(26)23-9-11-24(12-10-23)16-18-6-5-7-19-16/h4-7,13-14H,1,8-12H2,2-3H3/t14-/m1/s1. The molecule has 0 bridgehead atoms. The second-order valence-electron chi connectivity index (χ2n) is 6.58. The van der Waals surface area contributed by atoms with Gasteiger partial charge >= 0.3 is 0 Å². The minimum Gasteiger partial charge on any atom is -0.338 e. The summed E-state index contributed by atoms with van der Waals surface area (Å²) in [6, 6.07) is 1.80. The number of carbonyl (C=O) groups is 1. The fourth-order valence-corrected chi connectivity index (χ4v) is 3.93. The van der Waals surface area contributed by atoms with Crippen LogP contribution in [0.2, 0.25) is 0 Å². The first-order valence-corrected chi connectivity index (χ1v) is 9.82. The zero-order valence-corrected chi connectivity index (χ0v) is 16.4. The molecule has 27 heavy (non-hydrogen) atoms. The molecule has 2 aromatic rings. The fourth-order valence-electron chi connectivity index (χ4n) is 2.86. The molecule has 1 aliphatic heterocycles. The first kappa shape index (κ1) is 19.3. The number of aromatic nitrogens is 6. The van der Waals surface area contributed by atoms with Gasteiger partial charge < -0.3 is 9.80 Å². The van der Waals surface area contributed by atoms with Crippen LogP contribution in [0.5, 0.6) is 0 Å². The summed E-state index contributed by atoms with van der Waals surface area (Å²) in [5.41, 5.74) is 0. The summed E-state index contributed by atoms with van der Waals surface area (Å²) in [4.78, 5) is 25.7. The number of piperazine rings is 1. The first-order chi connectivity index (χ1) is 13.1. The van der Waals surface area contributed by atoms with Crippen molar-refractivity contribution in [3.63, 3.8) is 0 Å². The zero-order chi connectivity index (χ0) is 19.2. The SMILES string of the molecule is C=CCn1nnnc1S[C@@H](C(=O)N1CCN(c2ncccn2)CC1)C(C)C. The second kappa shape index (κ2) is 8.94. The number of rotatable bonds is 7. The minimum absolute atomic E-state index is 0.122. The van der Waals surface area contributed by atoms with Gasteiger partial charge in [-0.25, -0.2) is 14.6 Å². The minimum atomic E-state index is -0.237. The number of tetrazole rings is 1. The lowest BCUT2D eigenvalue weighted by Crippen LogP contribution is -2.52. The van der Waals surface area contributed by atoms with Gasteiger partial charge in [0, 0.05) is 38.6 Å². The van der Waals surface area contributed by atoms with Crippen LogP contribution in [0.15, 0.2) is 36.3 Å². The summed E-state index contributed by atoms with van der Waals surface area (Å²) in [7, 11) is 0. The number of allylic oxidation sites excluding steroid dienone is 1. The maximum Gasteiger partial charge on any atom is 0.236 e. The predicted molar refractivity (Wildman–Crippen MR) is 103 cm³/mol. The number of anilines is 1. The van der Waals surface area contributed by atoms with Crippen molar-refractivity contribution >= 4 is 23.6 Å². The van der Waals surface area contributed by atoms with Crippen LogP contribution in [0.25, 0.3) is 0 Å². The fraction of sp³-hybridized carbons (Fsp3) is 0.529. The van der Waals surface area contributed by atoms with Crippen molar-refractivity contribution in [1.29, 1.82) is 0 Å². The molecule has 2 aromatic heterocycles. The lowest BCUT2D eigenvalue weighted by atomic mass is 10.1. The van der Waals surface area contributed by atoms with Gasteiger partial charge in [0.05, 0.1) is 11.8 Å². The van der Waals surface area contributed by atoms with Crippen LogP contribution < -0.4 is 4.90 Å². The number of nitrogens with zero attached hydrogens (tertiary/aromatic N) is 8. The van der Waals surface area contributed by atoms with Crippen molar-refractivity contribution in [1.82, 2.24) is 35.1 Å². The second-order valence-corrected chi connectivity index (χ2v) is 7.68. The van der Waals surface area contributed by atoms with E-state index in [4.69, 9.17) is 0 Å². The number of hydrogen-bond donors (Lipinski definition) is 0. The third-order valence-corrected chi connectivity index (χ3v) is 5.81. The largest absolute Gasteiger partial charge is 0.338 e. The molecule has 10 heteroatoms. The van der Waals surface area contributed by atoms with Crippen LogP contribution in [-0.4, -0.2) is 72.4 Å². The Morgan fingerprint density at radius 1 is 1.26 bits per heavy atom. The molecule has 0 unspecified atom stereocenters. The van der Waals surface area contributed by atoms with Crippen LogP contribution in [-0.2, 0) is 11.3 Å². The van der Waals surface area contributed by atoms with E-state index in [2.05, 4.69) is 37.0 Å². The van der Waals surface area contributed by atoms with E-state index >= 15 is 0 Å². The van der Waals surface area contributed by atoms with Gasteiger partial charge in [0.25, 0.3) is 0 Å². The summed E-state index contributed by atoms with van der Waals surface area (Å²) in [6.07, 6.45) is 5.20. The normalized spacial score (nSPS) is 15.8. The maximum absolute atomic E-state index is 13.1. The Labute approximate surface area is 162 Å². The van der Waals surface area contributed by atoms with Crippen molar-refractivity contribution in [2.45, 2.75) is 30.8 Å². The average Bonchev–Trinajstić information content (AvgIpc) is 3.13. The Hall–Kier alpha value is -2.49. The molecular formula is C17H24N8OS. The molecule has 9 nitrogen and oxygen atoms in total. The van der Waals surface area contributed by atoms with Gasteiger partial charge in [0.2, 0.25) is 17.0 Å². The third kappa shape index (κ3) is 4.62. The molecule has 0 aromatic carbocycles. The molecule has 0 radical (unpaired) electrons. The van der Waals surface area contributed by atoms with Crippen LogP contribution in [0.1, 0.15) is 13.8 Å². The molecule has 3 heterocycles. The molecule has 144 valence electrons. The van der Waals surface area contributed by atoms with Crippen LogP contribution in [0, 0.1) is 5.92 Å². The lowest BCUT2D eigenvalue weighted by Gasteiger charge is -2.36. The van der Waals surface area contributed by atoms with Gasteiger partial charge in [-0.05, 0) is 22.4 Å². The van der Waals surface area contributed by atoms with Gasteiger partial charge in [-0.3, -0.25) is 4.79 Å². The predicted octanol–water partition coefficient (Wildman–Crippen LogP) is 1.11. The maximum atomic E-state index is 13.1. The van der Waals surface area contributed by atoms with Crippen LogP contribution in [0.3, 0.4) is 0 Å². The Kier molecular flexibility index (Phi) is 6.38. The number of carbonyl (C=O) groups excluding carboxylic acids is 1. The summed E-state index contributed by atoms with van der Waals surface area (Å²) < 4.78 is 1.66. The van der Waals surface area contributed by atoms with E-state index in [1.165, 1.54) is 11.8 Å². The van der Waals surface area contributed by atoms with Gasteiger partial charge in [0.15, 0.2) is 0 Å². The van der Waals surface area contributed by atoms with Gasteiger partial charge in [-0.15, -0.1) is 11.7 Å². The highest BCUT2D eigenvalue weighted by atomic mass is 32.2. The smallest absolute Gasteiger partial charge is 0.236 e. The van der Waals surface area contributed by atoms with Gasteiger partial charge in [0.1, 0.15) is 0 Å². The lowest BCUT2D eigenvalue weighted by molar-refractivity contribution is -0.131. The number of amides is 1. The first-order valence-electron chi connectivity index (χ1n) is 8.94. The highest BCUT2D eigenvalue weighted by Gasteiger charge is 2.32. The molecule has 1 saturated heterocycles. The van der Waals surface area contributed by atoms with Crippen molar-refractivity contribution in [2.24, 2.45) is 5.92 Å². The summed E-state index contributed by atoms with van der Waals surface area (Å²) >= 11 is 1.42. The van der Waals surface area contributed by atoms with Crippen LogP contribution in [0.4, 0.5) is 5.95 Å². The van der Waals surface area contributed by atoms with Crippen LogP contribution >= 0.6 is 11.8 Å². The Bertz CT molecular complexity index is 757. The van der Waals surface area contributed by atoms with E-state index in [1.807, 2.05) is 18.7 Å². The molecule has 1 fully saturated rings. The van der Waals surface area contributed by atoms with E-state index in [9.17, 15) is 4.79 Å². The average molecular weight is 389 g/mol. The zero-order valence-electron chi connectivity index (χ0n) is 15.6. The molecule has 1 amide bonds. The monoisotopic (exact) mass is 388 g/mol.